The van der Waals surface area contributed by atoms with Gasteiger partial charge in [0.2, 0.25) is 0 Å². The van der Waals surface area contributed by atoms with Gasteiger partial charge >= 0.3 is 0 Å². The molecule has 0 saturated heterocycles. The van der Waals surface area contributed by atoms with Gasteiger partial charge in [0.15, 0.2) is 0 Å². The monoisotopic (exact) mass is 166 g/mol. The van der Waals surface area contributed by atoms with Crippen LogP contribution in [-0.2, 0) is 0 Å². The number of hydrogen-bond acceptors (Lipinski definition) is 1. The lowest BCUT2D eigenvalue weighted by Crippen LogP contribution is -2.26. The molecule has 0 amide bonds. The first-order chi connectivity index (χ1) is 5.90. The molecular weight excluding hydrogens is 148 g/mol. The molecule has 3 saturated carbocycles. The maximum atomic E-state index is 9.21. The van der Waals surface area contributed by atoms with Gasteiger partial charge in [-0.3, -0.25) is 0 Å². The van der Waals surface area contributed by atoms with E-state index in [9.17, 15) is 5.11 Å². The van der Waals surface area contributed by atoms with Gasteiger partial charge in [0, 0.05) is 6.61 Å². The van der Waals surface area contributed by atoms with Crippen LogP contribution in [0.5, 0.6) is 0 Å². The van der Waals surface area contributed by atoms with E-state index in [0.717, 1.165) is 23.7 Å². The van der Waals surface area contributed by atoms with Crippen molar-refractivity contribution in [3.8, 4) is 0 Å². The quantitative estimate of drug-likeness (QED) is 0.632. The summed E-state index contributed by atoms with van der Waals surface area (Å²) < 4.78 is 0. The van der Waals surface area contributed by atoms with Crippen molar-refractivity contribution in [2.75, 3.05) is 6.61 Å². The van der Waals surface area contributed by atoms with E-state index < -0.39 is 0 Å². The zero-order valence-electron chi connectivity index (χ0n) is 7.58. The summed E-state index contributed by atoms with van der Waals surface area (Å²) >= 11 is 0. The number of fused-ring (bicyclic) bond motifs is 5. The van der Waals surface area contributed by atoms with E-state index in [1.54, 1.807) is 0 Å². The van der Waals surface area contributed by atoms with E-state index in [1.165, 1.54) is 32.1 Å². The fourth-order valence-corrected chi connectivity index (χ4v) is 4.42. The van der Waals surface area contributed by atoms with Gasteiger partial charge in [-0.25, -0.2) is 0 Å². The molecule has 0 heterocycles. The lowest BCUT2D eigenvalue weighted by Gasteiger charge is -2.30. The van der Waals surface area contributed by atoms with Crippen molar-refractivity contribution in [1.82, 2.24) is 0 Å². The van der Waals surface area contributed by atoms with Crippen molar-refractivity contribution in [2.45, 2.75) is 32.1 Å². The molecule has 3 aliphatic rings. The SMILES string of the molecule is OC[C@H]1C[C@@H]2C[C@H]1[C@@H]1CCC[C@H]21. The van der Waals surface area contributed by atoms with Crippen molar-refractivity contribution in [3.05, 3.63) is 0 Å². The Morgan fingerprint density at radius 2 is 1.83 bits per heavy atom. The van der Waals surface area contributed by atoms with E-state index in [2.05, 4.69) is 0 Å². The summed E-state index contributed by atoms with van der Waals surface area (Å²) in [5.74, 6) is 4.74. The first kappa shape index (κ1) is 7.37. The minimum absolute atomic E-state index is 0.463. The lowest BCUT2D eigenvalue weighted by molar-refractivity contribution is 0.121. The highest BCUT2D eigenvalue weighted by atomic mass is 16.3. The topological polar surface area (TPSA) is 20.2 Å². The highest BCUT2D eigenvalue weighted by molar-refractivity contribution is 5.02. The van der Waals surface area contributed by atoms with Gasteiger partial charge in [-0.1, -0.05) is 6.42 Å². The van der Waals surface area contributed by atoms with Crippen LogP contribution in [0.3, 0.4) is 0 Å². The van der Waals surface area contributed by atoms with Crippen LogP contribution in [0.25, 0.3) is 0 Å². The van der Waals surface area contributed by atoms with Gasteiger partial charge in [-0.05, 0) is 55.3 Å². The largest absolute Gasteiger partial charge is 0.396 e. The van der Waals surface area contributed by atoms with Crippen LogP contribution in [-0.4, -0.2) is 11.7 Å². The summed E-state index contributed by atoms with van der Waals surface area (Å²) in [6, 6.07) is 0. The molecular formula is C11H18O. The van der Waals surface area contributed by atoms with Gasteiger partial charge in [-0.2, -0.15) is 0 Å². The highest BCUT2D eigenvalue weighted by Crippen LogP contribution is 2.60. The predicted octanol–water partition coefficient (Wildman–Crippen LogP) is 2.05. The number of hydrogen-bond donors (Lipinski definition) is 1. The molecule has 0 aromatic heterocycles. The maximum absolute atomic E-state index is 9.21. The Kier molecular flexibility index (Phi) is 1.52. The van der Waals surface area contributed by atoms with Crippen LogP contribution in [0, 0.1) is 29.6 Å². The summed E-state index contributed by atoms with van der Waals surface area (Å²) in [4.78, 5) is 0. The zero-order chi connectivity index (χ0) is 8.13. The van der Waals surface area contributed by atoms with Crippen molar-refractivity contribution in [2.24, 2.45) is 29.6 Å². The molecule has 0 aromatic rings. The van der Waals surface area contributed by atoms with E-state index in [0.29, 0.717) is 12.5 Å². The first-order valence-electron chi connectivity index (χ1n) is 5.51. The summed E-state index contributed by atoms with van der Waals surface area (Å²) in [7, 11) is 0. The molecule has 3 fully saturated rings. The molecule has 0 aromatic carbocycles. The van der Waals surface area contributed by atoms with E-state index in [4.69, 9.17) is 0 Å². The summed E-state index contributed by atoms with van der Waals surface area (Å²) in [6.45, 7) is 0.463. The van der Waals surface area contributed by atoms with Crippen molar-refractivity contribution in [3.63, 3.8) is 0 Å². The summed E-state index contributed by atoms with van der Waals surface area (Å²) in [5.41, 5.74) is 0. The number of aliphatic hydroxyl groups is 1. The average Bonchev–Trinajstić information content (AvgIpc) is 2.75. The van der Waals surface area contributed by atoms with Crippen LogP contribution < -0.4 is 0 Å². The van der Waals surface area contributed by atoms with E-state index >= 15 is 0 Å². The van der Waals surface area contributed by atoms with Crippen molar-refractivity contribution < 1.29 is 5.11 Å². The molecule has 0 aliphatic heterocycles. The molecule has 3 aliphatic carbocycles. The van der Waals surface area contributed by atoms with Gasteiger partial charge in [-0.15, -0.1) is 0 Å². The van der Waals surface area contributed by atoms with E-state index in [1.807, 2.05) is 0 Å². The molecule has 0 radical (unpaired) electrons. The lowest BCUT2D eigenvalue weighted by atomic mass is 9.76. The van der Waals surface area contributed by atoms with Crippen LogP contribution in [0.15, 0.2) is 0 Å². The predicted molar refractivity (Wildman–Crippen MR) is 47.6 cm³/mol. The molecule has 0 unspecified atom stereocenters. The Bertz CT molecular complexity index is 187. The standard InChI is InChI=1S/C11H18O/c12-6-8-4-7-5-11(8)10-3-1-2-9(7)10/h7-12H,1-6H2/t7-,8-,9-,10-,11-/m1/s1. The Balaban J connectivity index is 1.83. The van der Waals surface area contributed by atoms with Gasteiger partial charge in [0.05, 0.1) is 0 Å². The molecule has 2 bridgehead atoms. The van der Waals surface area contributed by atoms with Crippen LogP contribution in [0.1, 0.15) is 32.1 Å². The Morgan fingerprint density at radius 3 is 2.67 bits per heavy atom. The molecule has 1 heteroatoms. The average molecular weight is 166 g/mol. The Hall–Kier alpha value is -0.0400. The molecule has 3 rings (SSSR count). The third kappa shape index (κ3) is 0.783. The second kappa shape index (κ2) is 2.47. The highest BCUT2D eigenvalue weighted by Gasteiger charge is 2.53. The Morgan fingerprint density at radius 1 is 1.00 bits per heavy atom. The van der Waals surface area contributed by atoms with Gasteiger partial charge in [0.1, 0.15) is 0 Å². The second-order valence-electron chi connectivity index (χ2n) is 5.10. The molecule has 12 heavy (non-hydrogen) atoms. The maximum Gasteiger partial charge on any atom is 0.0462 e. The second-order valence-corrected chi connectivity index (χ2v) is 5.10. The zero-order valence-corrected chi connectivity index (χ0v) is 7.58. The first-order valence-corrected chi connectivity index (χ1v) is 5.51. The van der Waals surface area contributed by atoms with Gasteiger partial charge < -0.3 is 5.11 Å². The fraction of sp³-hybridized carbons (Fsp3) is 1.00. The van der Waals surface area contributed by atoms with Crippen molar-refractivity contribution in [1.29, 1.82) is 0 Å². The van der Waals surface area contributed by atoms with Crippen LogP contribution in [0.2, 0.25) is 0 Å². The number of aliphatic hydroxyl groups excluding tert-OH is 1. The van der Waals surface area contributed by atoms with Crippen LogP contribution >= 0.6 is 0 Å². The smallest absolute Gasteiger partial charge is 0.0462 e. The normalized spacial score (nSPS) is 56.2. The molecule has 5 atom stereocenters. The fourth-order valence-electron chi connectivity index (χ4n) is 4.42. The number of rotatable bonds is 1. The third-order valence-corrected chi connectivity index (χ3v) is 4.80. The molecule has 0 spiro atoms. The van der Waals surface area contributed by atoms with Gasteiger partial charge in [0.25, 0.3) is 0 Å². The molecule has 1 N–H and O–H groups in total. The molecule has 1 nitrogen and oxygen atoms in total. The minimum Gasteiger partial charge on any atom is -0.396 e. The summed E-state index contributed by atoms with van der Waals surface area (Å²) in [6.07, 6.45) is 7.26. The Labute approximate surface area is 74.2 Å². The molecule has 68 valence electrons. The minimum atomic E-state index is 0.463. The van der Waals surface area contributed by atoms with Crippen LogP contribution in [0.4, 0.5) is 0 Å². The van der Waals surface area contributed by atoms with Crippen molar-refractivity contribution >= 4 is 0 Å². The third-order valence-electron chi connectivity index (χ3n) is 4.80. The summed E-state index contributed by atoms with van der Waals surface area (Å²) in [5, 5.41) is 9.21. The van der Waals surface area contributed by atoms with E-state index in [-0.39, 0.29) is 0 Å².